The Kier molecular flexibility index (Phi) is 3.41. The summed E-state index contributed by atoms with van der Waals surface area (Å²) >= 11 is 0. The van der Waals surface area contributed by atoms with Gasteiger partial charge in [-0.2, -0.15) is 0 Å². The number of carbonyl (C=O) groups excluding carboxylic acids is 1. The third-order valence-electron chi connectivity index (χ3n) is 4.59. The van der Waals surface area contributed by atoms with Gasteiger partial charge in [0.15, 0.2) is 0 Å². The molecule has 0 aliphatic carbocycles. The Bertz CT molecular complexity index is 816. The van der Waals surface area contributed by atoms with Crippen molar-refractivity contribution in [3.63, 3.8) is 0 Å². The third-order valence-corrected chi connectivity index (χ3v) is 4.59. The van der Waals surface area contributed by atoms with Crippen LogP contribution < -0.4 is 0 Å². The van der Waals surface area contributed by atoms with Gasteiger partial charge in [0.1, 0.15) is 11.6 Å². The predicted octanol–water partition coefficient (Wildman–Crippen LogP) is 3.48. The molecule has 3 heterocycles. The standard InChI is InChI=1S/C18H19N3O2/c1-12-14(8-10-23-12)18(22)21-9-4-5-13(11-21)17-19-15-6-2-3-7-16(15)20-17/h2-3,6-8,10,13H,4-5,9,11H2,1H3,(H,19,20). The van der Waals surface area contributed by atoms with Crippen LogP contribution in [0.2, 0.25) is 0 Å². The minimum atomic E-state index is 0.0528. The number of aromatic amines is 1. The van der Waals surface area contributed by atoms with Crippen molar-refractivity contribution in [3.8, 4) is 0 Å². The fourth-order valence-electron chi connectivity index (χ4n) is 3.33. The van der Waals surface area contributed by atoms with Gasteiger partial charge in [0.25, 0.3) is 5.91 Å². The number of amides is 1. The average Bonchev–Trinajstić information content (AvgIpc) is 3.20. The van der Waals surface area contributed by atoms with E-state index in [0.717, 1.165) is 36.2 Å². The van der Waals surface area contributed by atoms with Crippen LogP contribution >= 0.6 is 0 Å². The smallest absolute Gasteiger partial charge is 0.257 e. The van der Waals surface area contributed by atoms with Gasteiger partial charge in [-0.15, -0.1) is 0 Å². The van der Waals surface area contributed by atoms with Crippen molar-refractivity contribution in [2.24, 2.45) is 0 Å². The van der Waals surface area contributed by atoms with Crippen LogP contribution in [0.3, 0.4) is 0 Å². The van der Waals surface area contributed by atoms with Gasteiger partial charge >= 0.3 is 0 Å². The van der Waals surface area contributed by atoms with E-state index in [-0.39, 0.29) is 11.8 Å². The van der Waals surface area contributed by atoms with Crippen LogP contribution in [0.15, 0.2) is 41.0 Å². The van der Waals surface area contributed by atoms with Crippen LogP contribution in [-0.2, 0) is 0 Å². The molecule has 1 fully saturated rings. The van der Waals surface area contributed by atoms with E-state index in [0.29, 0.717) is 17.9 Å². The van der Waals surface area contributed by atoms with E-state index in [1.165, 1.54) is 0 Å². The number of benzene rings is 1. The van der Waals surface area contributed by atoms with Gasteiger partial charge in [-0.25, -0.2) is 4.98 Å². The highest BCUT2D eigenvalue weighted by atomic mass is 16.3. The quantitative estimate of drug-likeness (QED) is 0.788. The summed E-state index contributed by atoms with van der Waals surface area (Å²) in [6.45, 7) is 3.32. The monoisotopic (exact) mass is 309 g/mol. The van der Waals surface area contributed by atoms with Crippen molar-refractivity contribution in [1.82, 2.24) is 14.9 Å². The van der Waals surface area contributed by atoms with Crippen molar-refractivity contribution in [2.45, 2.75) is 25.7 Å². The molecule has 1 amide bonds. The zero-order chi connectivity index (χ0) is 15.8. The molecule has 1 aromatic carbocycles. The van der Waals surface area contributed by atoms with Crippen LogP contribution in [0.25, 0.3) is 11.0 Å². The lowest BCUT2D eigenvalue weighted by Gasteiger charge is -2.31. The highest BCUT2D eigenvalue weighted by Gasteiger charge is 2.28. The molecule has 3 aromatic rings. The fraction of sp³-hybridized carbons (Fsp3) is 0.333. The lowest BCUT2D eigenvalue weighted by molar-refractivity contribution is 0.0703. The fourth-order valence-corrected chi connectivity index (χ4v) is 3.33. The summed E-state index contributed by atoms with van der Waals surface area (Å²) in [6, 6.07) is 9.79. The number of H-pyrrole nitrogens is 1. The molecule has 0 saturated carbocycles. The molecule has 4 rings (SSSR count). The second-order valence-electron chi connectivity index (χ2n) is 6.12. The van der Waals surface area contributed by atoms with E-state index in [4.69, 9.17) is 9.40 Å². The maximum atomic E-state index is 12.7. The Hall–Kier alpha value is -2.56. The molecule has 1 aliphatic rings. The lowest BCUT2D eigenvalue weighted by Crippen LogP contribution is -2.39. The Morgan fingerprint density at radius 1 is 1.35 bits per heavy atom. The summed E-state index contributed by atoms with van der Waals surface area (Å²) in [7, 11) is 0. The van der Waals surface area contributed by atoms with Crippen molar-refractivity contribution in [1.29, 1.82) is 0 Å². The van der Waals surface area contributed by atoms with Gasteiger partial charge in [0.2, 0.25) is 0 Å². The van der Waals surface area contributed by atoms with Crippen LogP contribution in [0, 0.1) is 6.92 Å². The molecule has 1 atom stereocenters. The molecule has 1 N–H and O–H groups in total. The Morgan fingerprint density at radius 2 is 2.22 bits per heavy atom. The first-order chi connectivity index (χ1) is 11.2. The number of para-hydroxylation sites is 2. The van der Waals surface area contributed by atoms with Crippen LogP contribution in [0.1, 0.15) is 40.7 Å². The minimum absolute atomic E-state index is 0.0528. The lowest BCUT2D eigenvalue weighted by atomic mass is 9.97. The minimum Gasteiger partial charge on any atom is -0.469 e. The number of aryl methyl sites for hydroxylation is 1. The first-order valence-electron chi connectivity index (χ1n) is 8.00. The SMILES string of the molecule is Cc1occc1C(=O)N1CCCC(c2nc3ccccc3[nH]2)C1. The number of hydrogen-bond donors (Lipinski definition) is 1. The average molecular weight is 309 g/mol. The number of carbonyl (C=O) groups is 1. The van der Waals surface area contributed by atoms with Crippen molar-refractivity contribution >= 4 is 16.9 Å². The molecule has 0 spiro atoms. The number of nitrogens with zero attached hydrogens (tertiary/aromatic N) is 2. The molecule has 5 nitrogen and oxygen atoms in total. The number of furan rings is 1. The summed E-state index contributed by atoms with van der Waals surface area (Å²) in [5.41, 5.74) is 2.70. The highest BCUT2D eigenvalue weighted by Crippen LogP contribution is 2.28. The van der Waals surface area contributed by atoms with Crippen molar-refractivity contribution in [2.75, 3.05) is 13.1 Å². The number of nitrogens with one attached hydrogen (secondary N) is 1. The molecule has 1 aliphatic heterocycles. The van der Waals surface area contributed by atoms with Gasteiger partial charge in [0.05, 0.1) is 22.9 Å². The Labute approximate surface area is 134 Å². The molecular formula is C18H19N3O2. The molecule has 0 bridgehead atoms. The second kappa shape index (κ2) is 5.57. The topological polar surface area (TPSA) is 62.1 Å². The maximum Gasteiger partial charge on any atom is 0.257 e. The molecule has 0 radical (unpaired) electrons. The molecule has 2 aromatic heterocycles. The van der Waals surface area contributed by atoms with Gasteiger partial charge in [-0.05, 0) is 38.0 Å². The third kappa shape index (κ3) is 2.52. The molecular weight excluding hydrogens is 290 g/mol. The summed E-state index contributed by atoms with van der Waals surface area (Å²) in [6.07, 6.45) is 3.61. The summed E-state index contributed by atoms with van der Waals surface area (Å²) in [5.74, 6) is 1.97. The second-order valence-corrected chi connectivity index (χ2v) is 6.12. The van der Waals surface area contributed by atoms with Gasteiger partial charge < -0.3 is 14.3 Å². The Balaban J connectivity index is 1.57. The number of aromatic nitrogens is 2. The molecule has 118 valence electrons. The maximum absolute atomic E-state index is 12.7. The van der Waals surface area contributed by atoms with E-state index in [9.17, 15) is 4.79 Å². The number of rotatable bonds is 2. The van der Waals surface area contributed by atoms with Crippen molar-refractivity contribution in [3.05, 3.63) is 53.7 Å². The van der Waals surface area contributed by atoms with E-state index >= 15 is 0 Å². The first kappa shape index (κ1) is 14.1. The molecule has 5 heteroatoms. The summed E-state index contributed by atoms with van der Waals surface area (Å²) < 4.78 is 5.26. The summed E-state index contributed by atoms with van der Waals surface area (Å²) in [4.78, 5) is 22.7. The normalized spacial score (nSPS) is 18.5. The van der Waals surface area contributed by atoms with Gasteiger partial charge in [0, 0.05) is 19.0 Å². The van der Waals surface area contributed by atoms with Crippen LogP contribution in [0.4, 0.5) is 0 Å². The first-order valence-corrected chi connectivity index (χ1v) is 8.00. The largest absolute Gasteiger partial charge is 0.469 e. The number of hydrogen-bond acceptors (Lipinski definition) is 3. The highest BCUT2D eigenvalue weighted by molar-refractivity contribution is 5.95. The van der Waals surface area contributed by atoms with Crippen molar-refractivity contribution < 1.29 is 9.21 Å². The molecule has 1 unspecified atom stereocenters. The zero-order valence-corrected chi connectivity index (χ0v) is 13.1. The van der Waals surface area contributed by atoms with Crippen LogP contribution in [0.5, 0.6) is 0 Å². The Morgan fingerprint density at radius 3 is 3.00 bits per heavy atom. The summed E-state index contributed by atoms with van der Waals surface area (Å²) in [5, 5.41) is 0. The number of piperidine rings is 1. The number of fused-ring (bicyclic) bond motifs is 1. The molecule has 1 saturated heterocycles. The van der Waals surface area contributed by atoms with Crippen LogP contribution in [-0.4, -0.2) is 33.9 Å². The number of imidazole rings is 1. The zero-order valence-electron chi connectivity index (χ0n) is 13.1. The van der Waals surface area contributed by atoms with Gasteiger partial charge in [-0.1, -0.05) is 12.1 Å². The van der Waals surface area contributed by atoms with E-state index in [1.54, 1.807) is 12.3 Å². The number of likely N-dealkylation sites (tertiary alicyclic amines) is 1. The van der Waals surface area contributed by atoms with Gasteiger partial charge in [-0.3, -0.25) is 4.79 Å². The van der Waals surface area contributed by atoms with E-state index in [2.05, 4.69) is 4.98 Å². The van der Waals surface area contributed by atoms with E-state index in [1.807, 2.05) is 36.1 Å². The molecule has 23 heavy (non-hydrogen) atoms. The predicted molar refractivity (Wildman–Crippen MR) is 87.4 cm³/mol. The van der Waals surface area contributed by atoms with E-state index < -0.39 is 0 Å².